The number of benzene rings is 2. The van der Waals surface area contributed by atoms with Crippen LogP contribution in [0.3, 0.4) is 0 Å². The third kappa shape index (κ3) is 3.94. The molecule has 1 aliphatic heterocycles. The number of piperazine rings is 1. The molecular weight excluding hydrogens is 352 g/mol. The SMILES string of the molecule is Cc1ccc(C2CN(C(=O)c3ccccc3)CC(=O)N2CC(=O)Cl)cc1. The summed E-state index contributed by atoms with van der Waals surface area (Å²) in [7, 11) is 0. The number of aryl methyl sites for hydroxylation is 1. The number of rotatable bonds is 4. The number of amides is 2. The monoisotopic (exact) mass is 370 g/mol. The highest BCUT2D eigenvalue weighted by atomic mass is 35.5. The minimum absolute atomic E-state index is 0.0692. The van der Waals surface area contributed by atoms with Crippen molar-refractivity contribution in [1.29, 1.82) is 0 Å². The van der Waals surface area contributed by atoms with Crippen LogP contribution in [-0.4, -0.2) is 46.5 Å². The quantitative estimate of drug-likeness (QED) is 0.777. The van der Waals surface area contributed by atoms with Crippen LogP contribution in [-0.2, 0) is 9.59 Å². The second-order valence-electron chi connectivity index (χ2n) is 6.35. The van der Waals surface area contributed by atoms with Crippen LogP contribution in [0, 0.1) is 6.92 Å². The Kier molecular flexibility index (Phi) is 5.38. The Bertz CT molecular complexity index is 821. The van der Waals surface area contributed by atoms with Gasteiger partial charge in [0.15, 0.2) is 0 Å². The van der Waals surface area contributed by atoms with Crippen LogP contribution in [0.5, 0.6) is 0 Å². The van der Waals surface area contributed by atoms with Gasteiger partial charge in [0.2, 0.25) is 11.1 Å². The average Bonchev–Trinajstić information content (AvgIpc) is 2.64. The first kappa shape index (κ1) is 18.1. The molecule has 1 heterocycles. The number of carbonyl (C=O) groups excluding carboxylic acids is 3. The zero-order valence-electron chi connectivity index (χ0n) is 14.4. The van der Waals surface area contributed by atoms with E-state index in [9.17, 15) is 14.4 Å². The first-order valence-corrected chi connectivity index (χ1v) is 8.72. The molecule has 0 saturated carbocycles. The van der Waals surface area contributed by atoms with Crippen molar-refractivity contribution in [1.82, 2.24) is 9.80 Å². The zero-order valence-corrected chi connectivity index (χ0v) is 15.1. The van der Waals surface area contributed by atoms with Gasteiger partial charge in [-0.05, 0) is 36.2 Å². The molecule has 2 amide bonds. The van der Waals surface area contributed by atoms with E-state index in [1.807, 2.05) is 37.3 Å². The number of nitrogens with zero attached hydrogens (tertiary/aromatic N) is 2. The maximum absolute atomic E-state index is 12.8. The fourth-order valence-corrected chi connectivity index (χ4v) is 3.25. The highest BCUT2D eigenvalue weighted by molar-refractivity contribution is 6.64. The van der Waals surface area contributed by atoms with Crippen LogP contribution in [0.25, 0.3) is 0 Å². The predicted octanol–water partition coefficient (Wildman–Crippen LogP) is 2.79. The van der Waals surface area contributed by atoms with Crippen molar-refractivity contribution in [3.05, 3.63) is 71.3 Å². The molecule has 2 aromatic rings. The third-order valence-electron chi connectivity index (χ3n) is 4.48. The predicted molar refractivity (Wildman–Crippen MR) is 98.8 cm³/mol. The van der Waals surface area contributed by atoms with Gasteiger partial charge < -0.3 is 9.80 Å². The maximum Gasteiger partial charge on any atom is 0.254 e. The highest BCUT2D eigenvalue weighted by Crippen LogP contribution is 2.27. The van der Waals surface area contributed by atoms with Crippen molar-refractivity contribution in [3.63, 3.8) is 0 Å². The van der Waals surface area contributed by atoms with Crippen molar-refractivity contribution in [2.24, 2.45) is 0 Å². The molecule has 0 bridgehead atoms. The van der Waals surface area contributed by atoms with Gasteiger partial charge in [-0.1, -0.05) is 48.0 Å². The Morgan fingerprint density at radius 2 is 1.73 bits per heavy atom. The molecule has 1 aliphatic rings. The van der Waals surface area contributed by atoms with E-state index in [0.717, 1.165) is 11.1 Å². The van der Waals surface area contributed by atoms with Crippen molar-refractivity contribution in [3.8, 4) is 0 Å². The molecule has 0 radical (unpaired) electrons. The number of hydrogen-bond donors (Lipinski definition) is 0. The summed E-state index contributed by atoms with van der Waals surface area (Å²) in [6.45, 7) is 2.04. The van der Waals surface area contributed by atoms with Gasteiger partial charge >= 0.3 is 0 Å². The Balaban J connectivity index is 1.90. The Morgan fingerprint density at radius 1 is 1.08 bits per heavy atom. The summed E-state index contributed by atoms with van der Waals surface area (Å²) < 4.78 is 0. The molecule has 3 rings (SSSR count). The van der Waals surface area contributed by atoms with Gasteiger partial charge in [0, 0.05) is 12.1 Å². The van der Waals surface area contributed by atoms with Crippen LogP contribution in [0.1, 0.15) is 27.5 Å². The van der Waals surface area contributed by atoms with Crippen LogP contribution in [0.15, 0.2) is 54.6 Å². The van der Waals surface area contributed by atoms with E-state index in [2.05, 4.69) is 0 Å². The van der Waals surface area contributed by atoms with E-state index in [4.69, 9.17) is 11.6 Å². The summed E-state index contributed by atoms with van der Waals surface area (Å²) in [6.07, 6.45) is 0. The molecule has 0 spiro atoms. The molecule has 0 aromatic heterocycles. The molecule has 1 atom stereocenters. The van der Waals surface area contributed by atoms with E-state index in [0.29, 0.717) is 12.1 Å². The summed E-state index contributed by atoms with van der Waals surface area (Å²) in [5.74, 6) is -0.493. The third-order valence-corrected chi connectivity index (χ3v) is 4.60. The van der Waals surface area contributed by atoms with Gasteiger partial charge in [-0.25, -0.2) is 0 Å². The topological polar surface area (TPSA) is 57.7 Å². The smallest absolute Gasteiger partial charge is 0.254 e. The molecule has 26 heavy (non-hydrogen) atoms. The van der Waals surface area contributed by atoms with E-state index in [-0.39, 0.29) is 24.9 Å². The van der Waals surface area contributed by atoms with Gasteiger partial charge in [-0.3, -0.25) is 14.4 Å². The summed E-state index contributed by atoms with van der Waals surface area (Å²) in [6, 6.07) is 16.2. The summed E-state index contributed by atoms with van der Waals surface area (Å²) in [5, 5.41) is -0.599. The van der Waals surface area contributed by atoms with Crippen molar-refractivity contribution >= 4 is 28.7 Å². The van der Waals surface area contributed by atoms with E-state index in [1.165, 1.54) is 9.80 Å². The summed E-state index contributed by atoms with van der Waals surface area (Å²) in [4.78, 5) is 39.8. The van der Waals surface area contributed by atoms with Crippen molar-refractivity contribution < 1.29 is 14.4 Å². The molecule has 0 N–H and O–H groups in total. The van der Waals surface area contributed by atoms with Crippen molar-refractivity contribution in [2.75, 3.05) is 19.6 Å². The van der Waals surface area contributed by atoms with Gasteiger partial charge in [-0.2, -0.15) is 0 Å². The van der Waals surface area contributed by atoms with Crippen LogP contribution >= 0.6 is 11.6 Å². The molecule has 1 saturated heterocycles. The normalized spacial score (nSPS) is 17.3. The lowest BCUT2D eigenvalue weighted by atomic mass is 10.00. The Hall–Kier alpha value is -2.66. The van der Waals surface area contributed by atoms with E-state index >= 15 is 0 Å². The number of carbonyl (C=O) groups is 3. The lowest BCUT2D eigenvalue weighted by molar-refractivity contribution is -0.141. The van der Waals surface area contributed by atoms with Gasteiger partial charge in [-0.15, -0.1) is 0 Å². The second kappa shape index (κ2) is 7.70. The average molecular weight is 371 g/mol. The minimum Gasteiger partial charge on any atom is -0.327 e. The lowest BCUT2D eigenvalue weighted by Crippen LogP contribution is -2.54. The van der Waals surface area contributed by atoms with Crippen LogP contribution in [0.4, 0.5) is 0 Å². The maximum atomic E-state index is 12.8. The molecule has 0 aliphatic carbocycles. The molecule has 6 heteroatoms. The lowest BCUT2D eigenvalue weighted by Gasteiger charge is -2.40. The molecule has 2 aromatic carbocycles. The van der Waals surface area contributed by atoms with Gasteiger partial charge in [0.05, 0.1) is 12.6 Å². The van der Waals surface area contributed by atoms with Crippen molar-refractivity contribution in [2.45, 2.75) is 13.0 Å². The van der Waals surface area contributed by atoms with E-state index < -0.39 is 11.3 Å². The molecular formula is C20H19ClN2O3. The van der Waals surface area contributed by atoms with Gasteiger partial charge in [0.25, 0.3) is 5.91 Å². The largest absolute Gasteiger partial charge is 0.327 e. The highest BCUT2D eigenvalue weighted by Gasteiger charge is 2.36. The zero-order chi connectivity index (χ0) is 18.7. The first-order chi connectivity index (χ1) is 12.5. The van der Waals surface area contributed by atoms with Crippen LogP contribution in [0.2, 0.25) is 0 Å². The van der Waals surface area contributed by atoms with Gasteiger partial charge in [0.1, 0.15) is 6.54 Å². The minimum atomic E-state index is -0.599. The fraction of sp³-hybridized carbons (Fsp3) is 0.250. The number of hydrogen-bond acceptors (Lipinski definition) is 3. The number of halogens is 1. The Labute approximate surface area is 157 Å². The van der Waals surface area contributed by atoms with E-state index in [1.54, 1.807) is 24.3 Å². The molecule has 1 fully saturated rings. The van der Waals surface area contributed by atoms with Crippen LogP contribution < -0.4 is 0 Å². The molecule has 134 valence electrons. The molecule has 5 nitrogen and oxygen atoms in total. The summed E-state index contributed by atoms with van der Waals surface area (Å²) in [5.41, 5.74) is 2.49. The fourth-order valence-electron chi connectivity index (χ4n) is 3.12. The Morgan fingerprint density at radius 3 is 2.35 bits per heavy atom. The summed E-state index contributed by atoms with van der Waals surface area (Å²) >= 11 is 5.54. The standard InChI is InChI=1S/C20H19ClN2O3/c1-14-7-9-15(10-8-14)17-11-22(13-19(25)23(17)12-18(21)24)20(26)16-5-3-2-4-6-16/h2-10,17H,11-13H2,1H3. The molecule has 1 unspecified atom stereocenters. The first-order valence-electron chi connectivity index (χ1n) is 8.34. The second-order valence-corrected chi connectivity index (χ2v) is 6.78.